The van der Waals surface area contributed by atoms with Gasteiger partial charge in [0.25, 0.3) is 0 Å². The molecule has 2 heterocycles. The highest BCUT2D eigenvalue weighted by Crippen LogP contribution is 2.50. The Labute approximate surface area is 219 Å². The lowest BCUT2D eigenvalue weighted by Gasteiger charge is -2.38. The van der Waals surface area contributed by atoms with Crippen LogP contribution >= 0.6 is 39.1 Å². The van der Waals surface area contributed by atoms with Crippen molar-refractivity contribution < 1.29 is 24.1 Å². The van der Waals surface area contributed by atoms with Gasteiger partial charge in [0, 0.05) is 22.0 Å². The molecule has 0 saturated carbocycles. The van der Waals surface area contributed by atoms with E-state index in [9.17, 15) is 9.90 Å². The third-order valence-corrected chi connectivity index (χ3v) is 7.29. The van der Waals surface area contributed by atoms with Gasteiger partial charge in [0.2, 0.25) is 6.23 Å². The second-order valence-corrected chi connectivity index (χ2v) is 9.73. The Morgan fingerprint density at radius 1 is 1.09 bits per heavy atom. The van der Waals surface area contributed by atoms with Crippen molar-refractivity contribution in [2.75, 3.05) is 14.2 Å². The van der Waals surface area contributed by atoms with Crippen molar-refractivity contribution in [2.45, 2.75) is 18.7 Å². The Balaban J connectivity index is 1.68. The van der Waals surface area contributed by atoms with Crippen molar-refractivity contribution in [3.63, 3.8) is 0 Å². The Kier molecular flexibility index (Phi) is 6.29. The number of carboxylic acid groups (broad SMARTS) is 1. The smallest absolute Gasteiger partial charge is 0.340 e. The Hall–Kier alpha value is -2.94. The summed E-state index contributed by atoms with van der Waals surface area (Å²) in [5.41, 5.74) is 2.90. The van der Waals surface area contributed by atoms with Crippen molar-refractivity contribution in [3.05, 3.63) is 85.3 Å². The van der Waals surface area contributed by atoms with Crippen molar-refractivity contribution in [1.82, 2.24) is 5.01 Å². The van der Waals surface area contributed by atoms with E-state index in [2.05, 4.69) is 15.9 Å². The zero-order valence-corrected chi connectivity index (χ0v) is 21.7. The summed E-state index contributed by atoms with van der Waals surface area (Å²) in [6.45, 7) is 0. The quantitative estimate of drug-likeness (QED) is 0.363. The molecule has 0 bridgehead atoms. The molecule has 7 nitrogen and oxygen atoms in total. The van der Waals surface area contributed by atoms with Crippen LogP contribution in [0.5, 0.6) is 17.2 Å². The van der Waals surface area contributed by atoms with Crippen LogP contribution in [0.4, 0.5) is 0 Å². The maximum atomic E-state index is 12.4. The first-order valence-corrected chi connectivity index (χ1v) is 12.1. The van der Waals surface area contributed by atoms with Gasteiger partial charge in [-0.25, -0.2) is 9.80 Å². The molecule has 2 aliphatic rings. The molecule has 2 atom stereocenters. The van der Waals surface area contributed by atoms with Gasteiger partial charge in [0.15, 0.2) is 11.5 Å². The summed E-state index contributed by atoms with van der Waals surface area (Å²) in [6, 6.07) is 14.2. The predicted molar refractivity (Wildman–Crippen MR) is 136 cm³/mol. The number of benzene rings is 3. The topological polar surface area (TPSA) is 80.6 Å². The molecule has 0 aliphatic carbocycles. The lowest BCUT2D eigenvalue weighted by molar-refractivity contribution is -0.0199. The molecule has 5 rings (SSSR count). The number of carbonyl (C=O) groups is 1. The highest BCUT2D eigenvalue weighted by atomic mass is 79.9. The van der Waals surface area contributed by atoms with Crippen molar-refractivity contribution in [2.24, 2.45) is 5.10 Å². The van der Waals surface area contributed by atoms with Crippen LogP contribution in [0.3, 0.4) is 0 Å². The molecule has 3 aromatic carbocycles. The molecule has 0 fully saturated rings. The van der Waals surface area contributed by atoms with E-state index in [1.807, 2.05) is 24.3 Å². The second-order valence-electron chi connectivity index (χ2n) is 8.00. The van der Waals surface area contributed by atoms with Gasteiger partial charge in [0.1, 0.15) is 11.3 Å². The third-order valence-electron chi connectivity index (χ3n) is 6.06. The Morgan fingerprint density at radius 2 is 1.89 bits per heavy atom. The number of nitrogens with zero attached hydrogens (tertiary/aromatic N) is 2. The zero-order chi connectivity index (χ0) is 24.9. The lowest BCUT2D eigenvalue weighted by Crippen LogP contribution is -2.34. The first-order valence-electron chi connectivity index (χ1n) is 10.6. The predicted octanol–water partition coefficient (Wildman–Crippen LogP) is 6.71. The van der Waals surface area contributed by atoms with Crippen LogP contribution in [-0.4, -0.2) is 36.0 Å². The summed E-state index contributed by atoms with van der Waals surface area (Å²) in [4.78, 5) is 12.4. The monoisotopic (exact) mass is 576 g/mol. The summed E-state index contributed by atoms with van der Waals surface area (Å²) in [5, 5.41) is 17.7. The van der Waals surface area contributed by atoms with Crippen LogP contribution < -0.4 is 14.2 Å². The summed E-state index contributed by atoms with van der Waals surface area (Å²) >= 11 is 15.9. The van der Waals surface area contributed by atoms with Crippen LogP contribution in [0.1, 0.15) is 45.7 Å². The maximum absolute atomic E-state index is 12.4. The van der Waals surface area contributed by atoms with Crippen molar-refractivity contribution in [1.29, 1.82) is 0 Å². The van der Waals surface area contributed by atoms with E-state index in [0.29, 0.717) is 33.5 Å². The molecular weight excluding hydrogens is 559 g/mol. The van der Waals surface area contributed by atoms with Crippen LogP contribution in [0.2, 0.25) is 10.0 Å². The molecule has 0 spiro atoms. The first kappa shape index (κ1) is 23.8. The molecule has 0 unspecified atom stereocenters. The molecule has 3 aromatic rings. The molecule has 35 heavy (non-hydrogen) atoms. The number of methoxy groups -OCH3 is 2. The lowest BCUT2D eigenvalue weighted by atomic mass is 9.95. The van der Waals surface area contributed by atoms with Gasteiger partial charge in [-0.3, -0.25) is 0 Å². The van der Waals surface area contributed by atoms with E-state index < -0.39 is 12.2 Å². The van der Waals surface area contributed by atoms with Crippen LogP contribution in [0.25, 0.3) is 0 Å². The number of aromatic carboxylic acids is 1. The highest BCUT2D eigenvalue weighted by molar-refractivity contribution is 9.10. The van der Waals surface area contributed by atoms with Crippen molar-refractivity contribution in [3.8, 4) is 17.2 Å². The third kappa shape index (κ3) is 4.09. The number of carboxylic acids is 1. The summed E-state index contributed by atoms with van der Waals surface area (Å²) in [5.74, 6) is -0.0829. The van der Waals surface area contributed by atoms with E-state index in [4.69, 9.17) is 42.5 Å². The number of hydrogen-bond donors (Lipinski definition) is 1. The van der Waals surface area contributed by atoms with Crippen LogP contribution in [0.15, 0.2) is 58.1 Å². The average molecular weight is 578 g/mol. The van der Waals surface area contributed by atoms with Crippen LogP contribution in [0, 0.1) is 0 Å². The molecular formula is C25H19BrCl2N2O5. The number of hydrazone groups is 1. The fraction of sp³-hybridized carbons (Fsp3) is 0.200. The molecule has 0 amide bonds. The molecule has 0 aromatic heterocycles. The van der Waals surface area contributed by atoms with E-state index in [1.54, 1.807) is 29.3 Å². The molecule has 0 saturated heterocycles. The number of fused-ring (bicyclic) bond motifs is 3. The first-order chi connectivity index (χ1) is 16.8. The Morgan fingerprint density at radius 3 is 2.57 bits per heavy atom. The number of rotatable bonds is 5. The van der Waals surface area contributed by atoms with Gasteiger partial charge in [-0.1, -0.05) is 45.2 Å². The van der Waals surface area contributed by atoms with Gasteiger partial charge in [-0.15, -0.1) is 0 Å². The maximum Gasteiger partial charge on any atom is 0.340 e. The highest BCUT2D eigenvalue weighted by Gasteiger charge is 2.43. The minimum Gasteiger partial charge on any atom is -0.493 e. The normalized spacial score (nSPS) is 18.3. The van der Waals surface area contributed by atoms with Gasteiger partial charge in [-0.2, -0.15) is 5.10 Å². The summed E-state index contributed by atoms with van der Waals surface area (Å²) in [7, 11) is 2.86. The van der Waals surface area contributed by atoms with Gasteiger partial charge in [-0.05, 0) is 48.0 Å². The fourth-order valence-electron chi connectivity index (χ4n) is 4.48. The van der Waals surface area contributed by atoms with E-state index in [1.165, 1.54) is 14.2 Å². The number of halogens is 3. The van der Waals surface area contributed by atoms with E-state index in [-0.39, 0.29) is 17.4 Å². The van der Waals surface area contributed by atoms with Crippen LogP contribution in [-0.2, 0) is 0 Å². The molecule has 10 heteroatoms. The molecule has 180 valence electrons. The number of hydrogen-bond acceptors (Lipinski definition) is 6. The second kappa shape index (κ2) is 9.26. The zero-order valence-electron chi connectivity index (χ0n) is 18.6. The van der Waals surface area contributed by atoms with E-state index >= 15 is 0 Å². The van der Waals surface area contributed by atoms with Gasteiger partial charge in [0.05, 0.1) is 36.0 Å². The molecule has 1 N–H and O–H groups in total. The van der Waals surface area contributed by atoms with E-state index in [0.717, 1.165) is 21.3 Å². The standard InChI is InChI=1S/C25H19BrCl2N2O5/c1-33-21-8-5-14(22(25(31)32)23(21)34-2)24-30-19(15-10-13(26)4-7-20(15)35-24)11-18(29-30)12-3-6-16(27)17(28)9-12/h3-10,19,24H,11H2,1-2H3,(H,31,32)/t19-,24+/m1/s1. The van der Waals surface area contributed by atoms with Crippen molar-refractivity contribution >= 4 is 50.8 Å². The van der Waals surface area contributed by atoms with Gasteiger partial charge < -0.3 is 19.3 Å². The van der Waals surface area contributed by atoms with Gasteiger partial charge >= 0.3 is 5.97 Å². The Bertz CT molecular complexity index is 1380. The summed E-state index contributed by atoms with van der Waals surface area (Å²) < 4.78 is 18.0. The molecule has 2 aliphatic heterocycles. The summed E-state index contributed by atoms with van der Waals surface area (Å²) in [6.07, 6.45) is -0.253. The fourth-order valence-corrected chi connectivity index (χ4v) is 5.16. The minimum absolute atomic E-state index is 0.0469. The largest absolute Gasteiger partial charge is 0.493 e. The number of ether oxygens (including phenoxy) is 3. The minimum atomic E-state index is -1.16. The molecule has 0 radical (unpaired) electrons. The SMILES string of the molecule is COc1ccc([C@@H]2Oc3ccc(Br)cc3[C@H]3CC(c4ccc(Cl)c(Cl)c4)=NN32)c(C(=O)O)c1OC. The average Bonchev–Trinajstić information content (AvgIpc) is 3.30.